The highest BCUT2D eigenvalue weighted by atomic mass is 32.2. The molecule has 2 nitrogen and oxygen atoms in total. The van der Waals surface area contributed by atoms with Gasteiger partial charge in [-0.05, 0) is 17.5 Å². The van der Waals surface area contributed by atoms with E-state index in [-0.39, 0.29) is 0 Å². The monoisotopic (exact) mass is 250 g/mol. The fourth-order valence-corrected chi connectivity index (χ4v) is 4.17. The predicted molar refractivity (Wildman–Crippen MR) is 75.1 cm³/mol. The molecule has 2 rings (SSSR count). The van der Waals surface area contributed by atoms with E-state index in [1.807, 2.05) is 11.8 Å². The van der Waals surface area contributed by atoms with Crippen LogP contribution in [0.5, 0.6) is 0 Å². The van der Waals surface area contributed by atoms with E-state index in [2.05, 4.69) is 43.5 Å². The highest BCUT2D eigenvalue weighted by molar-refractivity contribution is 7.99. The van der Waals surface area contributed by atoms with Gasteiger partial charge in [-0.3, -0.25) is 11.3 Å². The second kappa shape index (κ2) is 5.89. The van der Waals surface area contributed by atoms with Crippen molar-refractivity contribution in [2.45, 2.75) is 43.5 Å². The first-order valence-corrected chi connectivity index (χ1v) is 7.48. The van der Waals surface area contributed by atoms with Crippen LogP contribution in [-0.4, -0.2) is 11.8 Å². The van der Waals surface area contributed by atoms with Gasteiger partial charge in [-0.1, -0.05) is 44.9 Å². The maximum atomic E-state index is 5.80. The molecule has 2 unspecified atom stereocenters. The van der Waals surface area contributed by atoms with Crippen molar-refractivity contribution in [3.8, 4) is 0 Å². The first kappa shape index (κ1) is 12.9. The fourth-order valence-electron chi connectivity index (χ4n) is 2.86. The molecule has 1 aromatic rings. The van der Waals surface area contributed by atoms with Crippen LogP contribution in [0.3, 0.4) is 0 Å². The lowest BCUT2D eigenvalue weighted by molar-refractivity contribution is 0.305. The molecule has 0 spiro atoms. The van der Waals surface area contributed by atoms with E-state index in [4.69, 9.17) is 5.84 Å². The molecule has 3 N–H and O–H groups in total. The standard InChI is InChI=1S/C14H22N2S/c1-3-10(4-2)14(16-15)12-9-17-13-8-6-5-7-11(12)13/h5-8,10,12,14,16H,3-4,9,15H2,1-2H3. The fraction of sp³-hybridized carbons (Fsp3) is 0.571. The molecule has 0 saturated carbocycles. The Hall–Kier alpha value is -0.510. The van der Waals surface area contributed by atoms with Crippen molar-refractivity contribution < 1.29 is 0 Å². The Morgan fingerprint density at radius 1 is 1.35 bits per heavy atom. The predicted octanol–water partition coefficient (Wildman–Crippen LogP) is 3.14. The molecule has 94 valence electrons. The van der Waals surface area contributed by atoms with Gasteiger partial charge >= 0.3 is 0 Å². The molecule has 0 bridgehead atoms. The number of thioether (sulfide) groups is 1. The van der Waals surface area contributed by atoms with Crippen LogP contribution in [-0.2, 0) is 0 Å². The van der Waals surface area contributed by atoms with Crippen molar-refractivity contribution in [3.63, 3.8) is 0 Å². The third-order valence-electron chi connectivity index (χ3n) is 3.92. The average molecular weight is 250 g/mol. The normalized spacial score (nSPS) is 20.6. The van der Waals surface area contributed by atoms with E-state index in [0.29, 0.717) is 17.9 Å². The van der Waals surface area contributed by atoms with Crippen molar-refractivity contribution in [1.29, 1.82) is 0 Å². The van der Waals surface area contributed by atoms with E-state index in [1.165, 1.54) is 23.3 Å². The van der Waals surface area contributed by atoms with Gasteiger partial charge in [0.25, 0.3) is 0 Å². The molecule has 1 heterocycles. The number of nitrogens with two attached hydrogens (primary N) is 1. The summed E-state index contributed by atoms with van der Waals surface area (Å²) in [7, 11) is 0. The minimum atomic E-state index is 0.404. The van der Waals surface area contributed by atoms with Crippen LogP contribution in [0.1, 0.15) is 38.2 Å². The minimum absolute atomic E-state index is 0.404. The molecule has 0 amide bonds. The summed E-state index contributed by atoms with van der Waals surface area (Å²) in [4.78, 5) is 1.43. The Morgan fingerprint density at radius 2 is 2.06 bits per heavy atom. The molecule has 1 aromatic carbocycles. The molecule has 0 fully saturated rings. The molecular formula is C14H22N2S. The molecule has 1 aliphatic rings. The zero-order valence-corrected chi connectivity index (χ0v) is 11.5. The van der Waals surface area contributed by atoms with Crippen LogP contribution in [0.4, 0.5) is 0 Å². The van der Waals surface area contributed by atoms with Gasteiger partial charge < -0.3 is 0 Å². The molecule has 0 aliphatic carbocycles. The summed E-state index contributed by atoms with van der Waals surface area (Å²) in [6, 6.07) is 9.14. The Morgan fingerprint density at radius 3 is 2.71 bits per heavy atom. The summed E-state index contributed by atoms with van der Waals surface area (Å²) in [6.07, 6.45) is 2.38. The van der Waals surface area contributed by atoms with Crippen molar-refractivity contribution >= 4 is 11.8 Å². The molecule has 2 atom stereocenters. The third-order valence-corrected chi connectivity index (χ3v) is 5.13. The Bertz CT molecular complexity index is 363. The largest absolute Gasteiger partial charge is 0.271 e. The molecule has 17 heavy (non-hydrogen) atoms. The van der Waals surface area contributed by atoms with E-state index < -0.39 is 0 Å². The van der Waals surface area contributed by atoms with Gasteiger partial charge in [0.05, 0.1) is 0 Å². The maximum absolute atomic E-state index is 5.80. The highest BCUT2D eigenvalue weighted by Crippen LogP contribution is 2.43. The van der Waals surface area contributed by atoms with Crippen LogP contribution in [0.2, 0.25) is 0 Å². The number of hydrazine groups is 1. The summed E-state index contributed by atoms with van der Waals surface area (Å²) < 4.78 is 0. The molecule has 0 radical (unpaired) electrons. The summed E-state index contributed by atoms with van der Waals surface area (Å²) >= 11 is 1.96. The molecule has 0 saturated heterocycles. The minimum Gasteiger partial charge on any atom is -0.271 e. The van der Waals surface area contributed by atoms with Gasteiger partial charge in [-0.25, -0.2) is 0 Å². The van der Waals surface area contributed by atoms with Gasteiger partial charge in [0, 0.05) is 22.6 Å². The van der Waals surface area contributed by atoms with E-state index in [1.54, 1.807) is 0 Å². The van der Waals surface area contributed by atoms with Crippen LogP contribution < -0.4 is 11.3 Å². The summed E-state index contributed by atoms with van der Waals surface area (Å²) in [6.45, 7) is 4.51. The van der Waals surface area contributed by atoms with Crippen molar-refractivity contribution in [2.75, 3.05) is 5.75 Å². The second-order valence-corrected chi connectivity index (χ2v) is 5.79. The second-order valence-electron chi connectivity index (χ2n) is 4.72. The lowest BCUT2D eigenvalue weighted by Crippen LogP contribution is -2.45. The number of rotatable bonds is 5. The van der Waals surface area contributed by atoms with Gasteiger partial charge in [0.2, 0.25) is 0 Å². The maximum Gasteiger partial charge on any atom is 0.0315 e. The van der Waals surface area contributed by atoms with Crippen LogP contribution in [0, 0.1) is 5.92 Å². The van der Waals surface area contributed by atoms with E-state index in [0.717, 1.165) is 5.75 Å². The summed E-state index contributed by atoms with van der Waals surface area (Å²) in [5.74, 6) is 8.18. The number of hydrogen-bond acceptors (Lipinski definition) is 3. The average Bonchev–Trinajstić information content (AvgIpc) is 2.79. The van der Waals surface area contributed by atoms with Crippen LogP contribution in [0.15, 0.2) is 29.2 Å². The number of nitrogens with one attached hydrogen (secondary N) is 1. The quantitative estimate of drug-likeness (QED) is 0.623. The smallest absolute Gasteiger partial charge is 0.0315 e. The Labute approximate surface area is 108 Å². The summed E-state index contributed by atoms with van der Waals surface area (Å²) in [5.41, 5.74) is 4.55. The van der Waals surface area contributed by atoms with Crippen LogP contribution in [0.25, 0.3) is 0 Å². The molecular weight excluding hydrogens is 228 g/mol. The van der Waals surface area contributed by atoms with Gasteiger partial charge in [-0.2, -0.15) is 0 Å². The number of fused-ring (bicyclic) bond motifs is 1. The Kier molecular flexibility index (Phi) is 4.48. The zero-order chi connectivity index (χ0) is 12.3. The van der Waals surface area contributed by atoms with E-state index >= 15 is 0 Å². The van der Waals surface area contributed by atoms with Gasteiger partial charge in [0.15, 0.2) is 0 Å². The topological polar surface area (TPSA) is 38.0 Å². The summed E-state index contributed by atoms with van der Waals surface area (Å²) in [5, 5.41) is 0. The number of benzene rings is 1. The SMILES string of the molecule is CCC(CC)C(NN)C1CSc2ccccc21. The molecule has 3 heteroatoms. The first-order chi connectivity index (χ1) is 8.31. The van der Waals surface area contributed by atoms with Gasteiger partial charge in [-0.15, -0.1) is 11.8 Å². The van der Waals surface area contributed by atoms with Gasteiger partial charge in [0.1, 0.15) is 0 Å². The highest BCUT2D eigenvalue weighted by Gasteiger charge is 2.33. The number of hydrogen-bond donors (Lipinski definition) is 2. The Balaban J connectivity index is 2.22. The van der Waals surface area contributed by atoms with Crippen LogP contribution >= 0.6 is 11.8 Å². The lowest BCUT2D eigenvalue weighted by atomic mass is 9.82. The first-order valence-electron chi connectivity index (χ1n) is 6.49. The van der Waals surface area contributed by atoms with Crippen molar-refractivity contribution in [1.82, 2.24) is 5.43 Å². The molecule has 1 aliphatic heterocycles. The lowest BCUT2D eigenvalue weighted by Gasteiger charge is -2.30. The van der Waals surface area contributed by atoms with Crippen molar-refractivity contribution in [2.24, 2.45) is 11.8 Å². The van der Waals surface area contributed by atoms with Crippen molar-refractivity contribution in [3.05, 3.63) is 29.8 Å². The molecule has 0 aromatic heterocycles. The third kappa shape index (κ3) is 2.51. The zero-order valence-electron chi connectivity index (χ0n) is 10.6. The van der Waals surface area contributed by atoms with E-state index in [9.17, 15) is 0 Å².